The fraction of sp³-hybridized carbons (Fsp3) is 0.143. The molecule has 0 amide bonds. The van der Waals surface area contributed by atoms with Crippen molar-refractivity contribution in [3.63, 3.8) is 0 Å². The van der Waals surface area contributed by atoms with Crippen molar-refractivity contribution in [2.24, 2.45) is 0 Å². The number of benzene rings is 4. The molecule has 29 heavy (non-hydrogen) atoms. The second-order valence-electron chi connectivity index (χ2n) is 8.01. The SMILES string of the molecule is Cc1cccc[c]1[Ge]([c]1ccccc1C)([c]1ccccc1C)[c]1ccccc1C. The van der Waals surface area contributed by atoms with Gasteiger partial charge in [0, 0.05) is 0 Å². The first-order valence-corrected chi connectivity index (χ1v) is 14.5. The molecule has 0 saturated heterocycles. The van der Waals surface area contributed by atoms with Crippen LogP contribution in [0.5, 0.6) is 0 Å². The molecular weight excluding hydrogens is 409 g/mol. The van der Waals surface area contributed by atoms with E-state index in [0.717, 1.165) is 0 Å². The first kappa shape index (κ1) is 19.7. The van der Waals surface area contributed by atoms with Gasteiger partial charge in [0.25, 0.3) is 0 Å². The monoisotopic (exact) mass is 438 g/mol. The summed E-state index contributed by atoms with van der Waals surface area (Å²) >= 11 is -3.22. The van der Waals surface area contributed by atoms with Crippen molar-refractivity contribution < 1.29 is 0 Å². The Morgan fingerprint density at radius 3 is 0.759 bits per heavy atom. The van der Waals surface area contributed by atoms with Gasteiger partial charge in [-0.05, 0) is 0 Å². The van der Waals surface area contributed by atoms with E-state index in [4.69, 9.17) is 0 Å². The molecule has 0 N–H and O–H groups in total. The Morgan fingerprint density at radius 1 is 0.345 bits per heavy atom. The number of hydrogen-bond acceptors (Lipinski definition) is 0. The van der Waals surface area contributed by atoms with Crippen molar-refractivity contribution in [3.8, 4) is 0 Å². The van der Waals surface area contributed by atoms with E-state index in [1.54, 1.807) is 0 Å². The molecular formula is C28H28Ge. The second kappa shape index (κ2) is 8.04. The third-order valence-corrected chi connectivity index (χ3v) is 17.7. The van der Waals surface area contributed by atoms with Gasteiger partial charge in [0.15, 0.2) is 0 Å². The van der Waals surface area contributed by atoms with Crippen molar-refractivity contribution in [2.45, 2.75) is 27.7 Å². The number of hydrogen-bond donors (Lipinski definition) is 0. The maximum atomic E-state index is 2.39. The van der Waals surface area contributed by atoms with E-state index >= 15 is 0 Å². The molecule has 0 heterocycles. The molecule has 1 heteroatoms. The van der Waals surface area contributed by atoms with Gasteiger partial charge >= 0.3 is 178 Å². The fourth-order valence-corrected chi connectivity index (χ4v) is 17.1. The van der Waals surface area contributed by atoms with E-state index in [1.165, 1.54) is 39.8 Å². The van der Waals surface area contributed by atoms with E-state index < -0.39 is 13.3 Å². The van der Waals surface area contributed by atoms with Crippen LogP contribution >= 0.6 is 0 Å². The quantitative estimate of drug-likeness (QED) is 0.418. The zero-order valence-electron chi connectivity index (χ0n) is 17.7. The van der Waals surface area contributed by atoms with Crippen LogP contribution in [0.1, 0.15) is 22.3 Å². The van der Waals surface area contributed by atoms with Crippen molar-refractivity contribution in [1.29, 1.82) is 0 Å². The molecule has 0 spiro atoms. The molecule has 0 radical (unpaired) electrons. The molecule has 0 fully saturated rings. The first-order valence-electron chi connectivity index (χ1n) is 10.3. The Hall–Kier alpha value is -2.58. The van der Waals surface area contributed by atoms with Crippen LogP contribution in [0.2, 0.25) is 0 Å². The summed E-state index contributed by atoms with van der Waals surface area (Å²) in [5.41, 5.74) is 5.56. The third-order valence-electron chi connectivity index (χ3n) is 6.20. The molecule has 0 bridgehead atoms. The average molecular weight is 437 g/mol. The van der Waals surface area contributed by atoms with Gasteiger partial charge in [-0.2, -0.15) is 0 Å². The summed E-state index contributed by atoms with van der Waals surface area (Å²) in [5, 5.41) is 0. The molecule has 4 rings (SSSR count). The van der Waals surface area contributed by atoms with E-state index in [2.05, 4.69) is 125 Å². The van der Waals surface area contributed by atoms with E-state index in [9.17, 15) is 0 Å². The molecule has 4 aromatic rings. The summed E-state index contributed by atoms with van der Waals surface area (Å²) in [6.45, 7) is 9.13. The minimum atomic E-state index is -3.22. The van der Waals surface area contributed by atoms with Crippen LogP contribution in [-0.4, -0.2) is 13.3 Å². The van der Waals surface area contributed by atoms with Crippen LogP contribution in [0, 0.1) is 27.7 Å². The van der Waals surface area contributed by atoms with Gasteiger partial charge in [-0.25, -0.2) is 0 Å². The summed E-state index contributed by atoms with van der Waals surface area (Å²) in [7, 11) is 0. The van der Waals surface area contributed by atoms with Gasteiger partial charge < -0.3 is 0 Å². The Labute approximate surface area is 177 Å². The van der Waals surface area contributed by atoms with Crippen LogP contribution in [0.4, 0.5) is 0 Å². The van der Waals surface area contributed by atoms with Crippen LogP contribution in [0.15, 0.2) is 97.1 Å². The van der Waals surface area contributed by atoms with Gasteiger partial charge in [-0.3, -0.25) is 0 Å². The molecule has 4 aromatic carbocycles. The number of rotatable bonds is 4. The molecule has 0 aliphatic carbocycles. The van der Waals surface area contributed by atoms with Gasteiger partial charge in [-0.15, -0.1) is 0 Å². The van der Waals surface area contributed by atoms with Crippen molar-refractivity contribution >= 4 is 30.8 Å². The normalized spacial score (nSPS) is 11.4. The van der Waals surface area contributed by atoms with Crippen LogP contribution in [0.25, 0.3) is 0 Å². The second-order valence-corrected chi connectivity index (χ2v) is 15.7. The standard InChI is InChI=1S/C28H28Ge/c1-21-13-5-9-17-25(21)29(26-18-10-6-14-22(26)2,27-19-11-7-15-23(27)3)28-20-12-8-16-24(28)4/h5-20H,1-4H3. The predicted molar refractivity (Wildman–Crippen MR) is 129 cm³/mol. The average Bonchev–Trinajstić information content (AvgIpc) is 2.73. The minimum absolute atomic E-state index is 1.39. The van der Waals surface area contributed by atoms with Crippen molar-refractivity contribution in [3.05, 3.63) is 119 Å². The van der Waals surface area contributed by atoms with E-state index in [1.807, 2.05) is 0 Å². The van der Waals surface area contributed by atoms with E-state index in [-0.39, 0.29) is 0 Å². The van der Waals surface area contributed by atoms with Gasteiger partial charge in [-0.1, -0.05) is 0 Å². The summed E-state index contributed by atoms with van der Waals surface area (Å²) in [4.78, 5) is 0. The molecule has 0 nitrogen and oxygen atoms in total. The van der Waals surface area contributed by atoms with Crippen molar-refractivity contribution in [2.75, 3.05) is 0 Å². The summed E-state index contributed by atoms with van der Waals surface area (Å²) in [6, 6.07) is 36.2. The Balaban J connectivity index is 2.28. The van der Waals surface area contributed by atoms with Crippen molar-refractivity contribution in [1.82, 2.24) is 0 Å². The summed E-state index contributed by atoms with van der Waals surface area (Å²) in [6.07, 6.45) is 0. The first-order chi connectivity index (χ1) is 14.1. The fourth-order valence-electron chi connectivity index (χ4n) is 4.85. The number of aryl methyl sites for hydroxylation is 4. The van der Waals surface area contributed by atoms with Crippen LogP contribution in [-0.2, 0) is 0 Å². The summed E-state index contributed by atoms with van der Waals surface area (Å²) < 4.78 is 6.13. The molecule has 0 saturated carbocycles. The maximum absolute atomic E-state index is 3.22. The molecule has 144 valence electrons. The topological polar surface area (TPSA) is 0 Å². The van der Waals surface area contributed by atoms with Crippen LogP contribution < -0.4 is 17.6 Å². The van der Waals surface area contributed by atoms with Gasteiger partial charge in [0.05, 0.1) is 0 Å². The Kier molecular flexibility index (Phi) is 5.47. The predicted octanol–water partition coefficient (Wildman–Crippen LogP) is 4.30. The zero-order valence-corrected chi connectivity index (χ0v) is 19.8. The third kappa shape index (κ3) is 3.26. The Bertz CT molecular complexity index is 969. The molecule has 0 unspecified atom stereocenters. The zero-order chi connectivity index (χ0) is 20.4. The van der Waals surface area contributed by atoms with Crippen LogP contribution in [0.3, 0.4) is 0 Å². The van der Waals surface area contributed by atoms with Gasteiger partial charge in [0.2, 0.25) is 0 Å². The summed E-state index contributed by atoms with van der Waals surface area (Å²) in [5.74, 6) is 0. The molecule has 0 aliphatic rings. The van der Waals surface area contributed by atoms with Gasteiger partial charge in [0.1, 0.15) is 0 Å². The van der Waals surface area contributed by atoms with E-state index in [0.29, 0.717) is 0 Å². The molecule has 0 aromatic heterocycles. The molecule has 0 aliphatic heterocycles. The Morgan fingerprint density at radius 2 is 0.552 bits per heavy atom. The molecule has 0 atom stereocenters.